The van der Waals surface area contributed by atoms with Gasteiger partial charge in [0.15, 0.2) is 0 Å². The molecule has 3 atom stereocenters. The van der Waals surface area contributed by atoms with Crippen LogP contribution in [0.3, 0.4) is 0 Å². The number of carbonyl (C=O) groups is 2. The van der Waals surface area contributed by atoms with Gasteiger partial charge in [-0.1, -0.05) is 24.3 Å². The van der Waals surface area contributed by atoms with Gasteiger partial charge in [-0.15, -0.1) is 0 Å². The Kier molecular flexibility index (Phi) is 5.88. The average molecular weight is 513 g/mol. The van der Waals surface area contributed by atoms with E-state index in [4.69, 9.17) is 0 Å². The molecule has 0 saturated heterocycles. The summed E-state index contributed by atoms with van der Waals surface area (Å²) in [5.74, 6) is -2.19. The van der Waals surface area contributed by atoms with Crippen molar-refractivity contribution in [3.8, 4) is 11.3 Å². The summed E-state index contributed by atoms with van der Waals surface area (Å²) in [7, 11) is 1.84. The van der Waals surface area contributed by atoms with Crippen molar-refractivity contribution in [1.29, 1.82) is 0 Å². The number of allylic oxidation sites excluding steroid dienone is 2. The number of benzene rings is 1. The second kappa shape index (κ2) is 9.38. The molecule has 192 valence electrons. The number of nitrogens with one attached hydrogen (secondary N) is 2. The van der Waals surface area contributed by atoms with Crippen LogP contribution in [0.5, 0.6) is 0 Å². The molecular formula is C28H25FN6O3. The standard InChI is InChI=1S/C28H25FN6O3/c1-34-23(8-10-31-34)17-9-11-35-24(15-30-25(35)14-17)28(38)32-21-13-18(6-7-20(21)29)27(37)33-22-12-16-4-2-3-5-19(16)26(22)36/h2-5,7-11,13-15,18,22,26,36H,6,12H2,1H3,(H,32,38)(H,33,37). The summed E-state index contributed by atoms with van der Waals surface area (Å²) in [6.07, 6.45) is 7.42. The molecule has 0 aliphatic heterocycles. The second-order valence-corrected chi connectivity index (χ2v) is 9.52. The first kappa shape index (κ1) is 23.8. The van der Waals surface area contributed by atoms with Gasteiger partial charge in [-0.05, 0) is 54.3 Å². The first-order chi connectivity index (χ1) is 18.4. The number of hydrogen-bond donors (Lipinski definition) is 3. The Hall–Kier alpha value is -4.57. The minimum absolute atomic E-state index is 0.0712. The Bertz CT molecular complexity index is 1630. The summed E-state index contributed by atoms with van der Waals surface area (Å²) in [5.41, 5.74) is 4.29. The minimum atomic E-state index is -0.803. The molecule has 4 aromatic rings. The van der Waals surface area contributed by atoms with Crippen molar-refractivity contribution in [2.75, 3.05) is 0 Å². The van der Waals surface area contributed by atoms with Crippen LogP contribution in [0.1, 0.15) is 34.1 Å². The van der Waals surface area contributed by atoms with Gasteiger partial charge < -0.3 is 15.7 Å². The average Bonchev–Trinajstić information content (AvgIpc) is 3.62. The van der Waals surface area contributed by atoms with E-state index in [-0.39, 0.29) is 23.7 Å². The molecule has 10 heteroatoms. The molecule has 2 amide bonds. The van der Waals surface area contributed by atoms with E-state index in [0.29, 0.717) is 12.1 Å². The van der Waals surface area contributed by atoms with Crippen LogP contribution in [-0.2, 0) is 18.3 Å². The monoisotopic (exact) mass is 512 g/mol. The normalized spacial score (nSPS) is 20.6. The molecule has 2 aliphatic carbocycles. The fourth-order valence-electron chi connectivity index (χ4n) is 5.12. The molecule has 0 radical (unpaired) electrons. The fraction of sp³-hybridized carbons (Fsp3) is 0.214. The molecule has 1 aromatic carbocycles. The molecule has 0 spiro atoms. The van der Waals surface area contributed by atoms with E-state index >= 15 is 0 Å². The van der Waals surface area contributed by atoms with E-state index in [1.165, 1.54) is 18.3 Å². The summed E-state index contributed by atoms with van der Waals surface area (Å²) in [6, 6.07) is 12.6. The molecule has 0 saturated carbocycles. The van der Waals surface area contributed by atoms with Gasteiger partial charge in [-0.3, -0.25) is 18.7 Å². The maximum atomic E-state index is 14.7. The van der Waals surface area contributed by atoms with E-state index in [1.54, 1.807) is 21.5 Å². The summed E-state index contributed by atoms with van der Waals surface area (Å²) in [6.45, 7) is 0. The number of hydrogen-bond acceptors (Lipinski definition) is 5. The Balaban J connectivity index is 1.17. The predicted molar refractivity (Wildman–Crippen MR) is 137 cm³/mol. The van der Waals surface area contributed by atoms with Crippen LogP contribution in [0.25, 0.3) is 16.9 Å². The molecule has 0 bridgehead atoms. The van der Waals surface area contributed by atoms with Crippen molar-refractivity contribution < 1.29 is 19.1 Å². The third-order valence-corrected chi connectivity index (χ3v) is 7.15. The molecule has 3 unspecified atom stereocenters. The Morgan fingerprint density at radius 2 is 2.03 bits per heavy atom. The smallest absolute Gasteiger partial charge is 0.274 e. The van der Waals surface area contributed by atoms with E-state index in [0.717, 1.165) is 22.4 Å². The molecule has 6 rings (SSSR count). The maximum absolute atomic E-state index is 14.7. The Morgan fingerprint density at radius 3 is 2.82 bits per heavy atom. The number of nitrogens with zero attached hydrogens (tertiary/aromatic N) is 4. The van der Waals surface area contributed by atoms with E-state index < -0.39 is 29.8 Å². The van der Waals surface area contributed by atoms with Crippen molar-refractivity contribution in [2.24, 2.45) is 13.0 Å². The molecule has 2 aliphatic rings. The summed E-state index contributed by atoms with van der Waals surface area (Å²) < 4.78 is 18.0. The Morgan fingerprint density at radius 1 is 1.18 bits per heavy atom. The van der Waals surface area contributed by atoms with Gasteiger partial charge in [0.25, 0.3) is 5.91 Å². The zero-order chi connectivity index (χ0) is 26.4. The van der Waals surface area contributed by atoms with E-state index in [1.807, 2.05) is 49.5 Å². The number of aromatic nitrogens is 4. The van der Waals surface area contributed by atoms with Crippen molar-refractivity contribution in [2.45, 2.75) is 25.0 Å². The summed E-state index contributed by atoms with van der Waals surface area (Å²) >= 11 is 0. The van der Waals surface area contributed by atoms with Crippen LogP contribution in [0.4, 0.5) is 4.39 Å². The number of pyridine rings is 1. The topological polar surface area (TPSA) is 114 Å². The van der Waals surface area contributed by atoms with Crippen LogP contribution in [0, 0.1) is 5.92 Å². The third-order valence-electron chi connectivity index (χ3n) is 7.15. The summed E-state index contributed by atoms with van der Waals surface area (Å²) in [5, 5.41) is 20.3. The minimum Gasteiger partial charge on any atom is -0.386 e. The zero-order valence-electron chi connectivity index (χ0n) is 20.5. The summed E-state index contributed by atoms with van der Waals surface area (Å²) in [4.78, 5) is 30.4. The zero-order valence-corrected chi connectivity index (χ0v) is 20.5. The number of halogens is 1. The van der Waals surface area contributed by atoms with Gasteiger partial charge in [0.05, 0.1) is 35.7 Å². The lowest BCUT2D eigenvalue weighted by atomic mass is 9.96. The fourth-order valence-corrected chi connectivity index (χ4v) is 5.12. The van der Waals surface area contributed by atoms with Crippen molar-refractivity contribution in [3.05, 3.63) is 102 Å². The molecule has 3 heterocycles. The van der Waals surface area contributed by atoms with Gasteiger partial charge in [-0.25, -0.2) is 9.37 Å². The van der Waals surface area contributed by atoms with Crippen LogP contribution in [-0.4, -0.2) is 42.1 Å². The van der Waals surface area contributed by atoms with E-state index in [9.17, 15) is 19.1 Å². The van der Waals surface area contributed by atoms with Crippen molar-refractivity contribution in [3.63, 3.8) is 0 Å². The quantitative estimate of drug-likeness (QED) is 0.381. The van der Waals surface area contributed by atoms with Gasteiger partial charge >= 0.3 is 0 Å². The van der Waals surface area contributed by atoms with Crippen LogP contribution in [0.15, 0.2) is 84.7 Å². The van der Waals surface area contributed by atoms with E-state index in [2.05, 4.69) is 20.7 Å². The van der Waals surface area contributed by atoms with Crippen LogP contribution in [0.2, 0.25) is 0 Å². The number of imidazole rings is 1. The van der Waals surface area contributed by atoms with Gasteiger partial charge in [0.2, 0.25) is 5.91 Å². The van der Waals surface area contributed by atoms with Gasteiger partial charge in [-0.2, -0.15) is 5.10 Å². The molecule has 9 nitrogen and oxygen atoms in total. The lowest BCUT2D eigenvalue weighted by molar-refractivity contribution is -0.125. The SMILES string of the molecule is Cn1nccc1-c1ccn2c(C(=O)NC3=CC(C(=O)NC4Cc5ccccc5C4O)CC=C3F)cnc2c1. The highest BCUT2D eigenvalue weighted by molar-refractivity contribution is 5.95. The number of rotatable bonds is 5. The van der Waals surface area contributed by atoms with Crippen LogP contribution >= 0.6 is 0 Å². The van der Waals surface area contributed by atoms with Gasteiger partial charge in [0.1, 0.15) is 17.2 Å². The largest absolute Gasteiger partial charge is 0.386 e. The second-order valence-electron chi connectivity index (χ2n) is 9.52. The molecule has 3 N–H and O–H groups in total. The molecule has 0 fully saturated rings. The molecule has 38 heavy (non-hydrogen) atoms. The highest BCUT2D eigenvalue weighted by Gasteiger charge is 2.33. The lowest BCUT2D eigenvalue weighted by Gasteiger charge is -2.22. The highest BCUT2D eigenvalue weighted by Crippen LogP contribution is 2.32. The van der Waals surface area contributed by atoms with Crippen LogP contribution < -0.4 is 10.6 Å². The molecular weight excluding hydrogens is 487 g/mol. The number of fused-ring (bicyclic) bond motifs is 2. The number of amides is 2. The van der Waals surface area contributed by atoms with Crippen molar-refractivity contribution in [1.82, 2.24) is 29.8 Å². The number of aliphatic hydroxyl groups is 1. The Labute approximate surface area is 217 Å². The number of aryl methyl sites for hydroxylation is 1. The number of aliphatic hydroxyl groups excluding tert-OH is 1. The number of carbonyl (C=O) groups excluding carboxylic acids is 2. The predicted octanol–water partition coefficient (Wildman–Crippen LogP) is 3.00. The lowest BCUT2D eigenvalue weighted by Crippen LogP contribution is -2.41. The first-order valence-electron chi connectivity index (χ1n) is 12.3. The maximum Gasteiger partial charge on any atom is 0.274 e. The van der Waals surface area contributed by atoms with Crippen molar-refractivity contribution >= 4 is 17.5 Å². The molecule has 3 aromatic heterocycles. The first-order valence-corrected chi connectivity index (χ1v) is 12.3. The highest BCUT2D eigenvalue weighted by atomic mass is 19.1. The third kappa shape index (κ3) is 4.18. The van der Waals surface area contributed by atoms with Gasteiger partial charge in [0, 0.05) is 25.0 Å².